The summed E-state index contributed by atoms with van der Waals surface area (Å²) in [6.45, 7) is 1.98. The Morgan fingerprint density at radius 3 is 2.25 bits per heavy atom. The zero-order valence-corrected chi connectivity index (χ0v) is 11.6. The van der Waals surface area contributed by atoms with Crippen LogP contribution in [0, 0.1) is 5.82 Å². The Morgan fingerprint density at radius 1 is 1.00 bits per heavy atom. The summed E-state index contributed by atoms with van der Waals surface area (Å²) < 4.78 is 13.9. The van der Waals surface area contributed by atoms with E-state index in [9.17, 15) is 9.50 Å². The van der Waals surface area contributed by atoms with Gasteiger partial charge in [-0.25, -0.2) is 4.39 Å². The minimum absolute atomic E-state index is 0.0189. The molecular weight excluding hydrogens is 253 g/mol. The molecule has 0 spiro atoms. The second-order valence-electron chi connectivity index (χ2n) is 4.79. The Kier molecular flexibility index (Phi) is 5.27. The zero-order valence-electron chi connectivity index (χ0n) is 11.6. The molecule has 0 saturated heterocycles. The third-order valence-electron chi connectivity index (χ3n) is 3.48. The summed E-state index contributed by atoms with van der Waals surface area (Å²) in [5, 5.41) is 12.9. The molecule has 2 unspecified atom stereocenters. The summed E-state index contributed by atoms with van der Waals surface area (Å²) in [4.78, 5) is 0. The predicted octanol–water partition coefficient (Wildman–Crippen LogP) is 3.60. The van der Waals surface area contributed by atoms with E-state index in [2.05, 4.69) is 5.32 Å². The third kappa shape index (κ3) is 3.44. The average Bonchev–Trinajstić information content (AvgIpc) is 2.50. The first-order valence-corrected chi connectivity index (χ1v) is 6.92. The second kappa shape index (κ2) is 7.17. The predicted molar refractivity (Wildman–Crippen MR) is 78.8 cm³/mol. The Balaban J connectivity index is 2.19. The molecule has 0 aliphatic heterocycles. The Labute approximate surface area is 119 Å². The number of hydrogen-bond acceptors (Lipinski definition) is 2. The smallest absolute Gasteiger partial charge is 0.127 e. The molecule has 0 fully saturated rings. The van der Waals surface area contributed by atoms with Crippen molar-refractivity contribution < 1.29 is 9.50 Å². The molecule has 106 valence electrons. The summed E-state index contributed by atoms with van der Waals surface area (Å²) in [6.07, 6.45) is 0.754. The topological polar surface area (TPSA) is 32.3 Å². The van der Waals surface area contributed by atoms with Crippen LogP contribution < -0.4 is 5.32 Å². The molecule has 0 saturated carbocycles. The van der Waals surface area contributed by atoms with E-state index in [0.29, 0.717) is 5.56 Å². The molecule has 2 nitrogen and oxygen atoms in total. The molecule has 0 heterocycles. The van der Waals surface area contributed by atoms with Crippen molar-refractivity contribution in [3.05, 3.63) is 71.5 Å². The third-order valence-corrected chi connectivity index (χ3v) is 3.48. The van der Waals surface area contributed by atoms with E-state index >= 15 is 0 Å². The van der Waals surface area contributed by atoms with Gasteiger partial charge in [0.15, 0.2) is 0 Å². The summed E-state index contributed by atoms with van der Waals surface area (Å²) >= 11 is 0. The highest BCUT2D eigenvalue weighted by molar-refractivity contribution is 5.23. The van der Waals surface area contributed by atoms with Crippen LogP contribution in [0.4, 0.5) is 4.39 Å². The van der Waals surface area contributed by atoms with Gasteiger partial charge in [0.25, 0.3) is 0 Å². The van der Waals surface area contributed by atoms with E-state index in [0.717, 1.165) is 12.0 Å². The van der Waals surface area contributed by atoms with Crippen molar-refractivity contribution >= 4 is 0 Å². The van der Waals surface area contributed by atoms with Gasteiger partial charge in [-0.05, 0) is 18.1 Å². The second-order valence-corrected chi connectivity index (χ2v) is 4.79. The molecule has 2 N–H and O–H groups in total. The van der Waals surface area contributed by atoms with Gasteiger partial charge in [0, 0.05) is 11.6 Å². The van der Waals surface area contributed by atoms with Crippen LogP contribution in [-0.2, 0) is 0 Å². The van der Waals surface area contributed by atoms with E-state index < -0.39 is 0 Å². The normalized spacial score (nSPS) is 13.9. The van der Waals surface area contributed by atoms with Crippen LogP contribution >= 0.6 is 0 Å². The quantitative estimate of drug-likeness (QED) is 0.843. The molecule has 0 aliphatic carbocycles. The lowest BCUT2D eigenvalue weighted by atomic mass is 10.0. The van der Waals surface area contributed by atoms with Crippen LogP contribution in [0.25, 0.3) is 0 Å². The van der Waals surface area contributed by atoms with Crippen molar-refractivity contribution in [2.45, 2.75) is 25.4 Å². The van der Waals surface area contributed by atoms with Crippen LogP contribution in [0.15, 0.2) is 54.6 Å². The standard InChI is InChI=1S/C17H20FNO/c1-2-16(14-10-6-7-11-15(14)18)19-17(12-20)13-8-4-3-5-9-13/h3-11,16-17,19-20H,2,12H2,1H3. The van der Waals surface area contributed by atoms with Crippen molar-refractivity contribution in [3.8, 4) is 0 Å². The Morgan fingerprint density at radius 2 is 1.65 bits per heavy atom. The van der Waals surface area contributed by atoms with Gasteiger partial charge in [-0.3, -0.25) is 0 Å². The summed E-state index contributed by atoms with van der Waals surface area (Å²) in [5.41, 5.74) is 1.65. The van der Waals surface area contributed by atoms with E-state index in [1.165, 1.54) is 6.07 Å². The Bertz CT molecular complexity index is 530. The van der Waals surface area contributed by atoms with Gasteiger partial charge in [-0.1, -0.05) is 55.5 Å². The molecule has 20 heavy (non-hydrogen) atoms. The highest BCUT2D eigenvalue weighted by atomic mass is 19.1. The number of aliphatic hydroxyl groups excluding tert-OH is 1. The first-order chi connectivity index (χ1) is 9.76. The van der Waals surface area contributed by atoms with Crippen LogP contribution in [-0.4, -0.2) is 11.7 Å². The largest absolute Gasteiger partial charge is 0.394 e. The number of halogens is 1. The van der Waals surface area contributed by atoms with Crippen molar-refractivity contribution in [3.63, 3.8) is 0 Å². The van der Waals surface area contributed by atoms with Crippen LogP contribution in [0.2, 0.25) is 0 Å². The summed E-state index contributed by atoms with van der Waals surface area (Å²) in [5.74, 6) is -0.211. The Hall–Kier alpha value is -1.71. The van der Waals surface area contributed by atoms with Gasteiger partial charge in [-0.2, -0.15) is 0 Å². The van der Waals surface area contributed by atoms with Gasteiger partial charge in [0.1, 0.15) is 5.82 Å². The van der Waals surface area contributed by atoms with Crippen molar-refractivity contribution in [2.24, 2.45) is 0 Å². The van der Waals surface area contributed by atoms with Crippen LogP contribution in [0.5, 0.6) is 0 Å². The molecule has 0 amide bonds. The zero-order chi connectivity index (χ0) is 14.4. The van der Waals surface area contributed by atoms with Gasteiger partial charge in [-0.15, -0.1) is 0 Å². The number of nitrogens with one attached hydrogen (secondary N) is 1. The van der Waals surface area contributed by atoms with Gasteiger partial charge >= 0.3 is 0 Å². The van der Waals surface area contributed by atoms with Gasteiger partial charge in [0.2, 0.25) is 0 Å². The SMILES string of the molecule is CCC(NC(CO)c1ccccc1)c1ccccc1F. The first-order valence-electron chi connectivity index (χ1n) is 6.92. The summed E-state index contributed by atoms with van der Waals surface area (Å²) in [7, 11) is 0. The molecule has 0 aliphatic rings. The number of hydrogen-bond donors (Lipinski definition) is 2. The number of aliphatic hydroxyl groups is 1. The maximum Gasteiger partial charge on any atom is 0.127 e. The van der Waals surface area contributed by atoms with Crippen LogP contribution in [0.3, 0.4) is 0 Å². The fraction of sp³-hybridized carbons (Fsp3) is 0.294. The first kappa shape index (κ1) is 14.7. The number of benzene rings is 2. The van der Waals surface area contributed by atoms with Crippen molar-refractivity contribution in [1.29, 1.82) is 0 Å². The van der Waals surface area contributed by atoms with E-state index in [1.807, 2.05) is 43.3 Å². The van der Waals surface area contributed by atoms with Gasteiger partial charge in [0.05, 0.1) is 12.6 Å². The van der Waals surface area contributed by atoms with Crippen molar-refractivity contribution in [2.75, 3.05) is 6.61 Å². The fourth-order valence-electron chi connectivity index (χ4n) is 2.37. The molecule has 2 aromatic carbocycles. The lowest BCUT2D eigenvalue weighted by Crippen LogP contribution is -2.29. The molecule has 2 atom stereocenters. The molecule has 2 aromatic rings. The minimum Gasteiger partial charge on any atom is -0.394 e. The molecule has 2 rings (SSSR count). The maximum atomic E-state index is 13.9. The molecule has 3 heteroatoms. The molecule has 0 radical (unpaired) electrons. The lowest BCUT2D eigenvalue weighted by Gasteiger charge is -2.24. The highest BCUT2D eigenvalue weighted by Crippen LogP contribution is 2.24. The monoisotopic (exact) mass is 273 g/mol. The van der Waals surface area contributed by atoms with E-state index in [4.69, 9.17) is 0 Å². The average molecular weight is 273 g/mol. The molecule has 0 bridgehead atoms. The summed E-state index contributed by atoms with van der Waals surface area (Å²) in [6, 6.07) is 16.2. The maximum absolute atomic E-state index is 13.9. The highest BCUT2D eigenvalue weighted by Gasteiger charge is 2.18. The lowest BCUT2D eigenvalue weighted by molar-refractivity contribution is 0.231. The fourth-order valence-corrected chi connectivity index (χ4v) is 2.37. The number of rotatable bonds is 6. The van der Waals surface area contributed by atoms with Crippen LogP contribution in [0.1, 0.15) is 36.6 Å². The van der Waals surface area contributed by atoms with Gasteiger partial charge < -0.3 is 10.4 Å². The minimum atomic E-state index is -0.211. The van der Waals surface area contributed by atoms with E-state index in [1.54, 1.807) is 12.1 Å². The van der Waals surface area contributed by atoms with Crippen molar-refractivity contribution in [1.82, 2.24) is 5.32 Å². The van der Waals surface area contributed by atoms with E-state index in [-0.39, 0.29) is 24.5 Å². The molecule has 0 aromatic heterocycles. The molecular formula is C17H20FNO.